The van der Waals surface area contributed by atoms with E-state index in [2.05, 4.69) is 35.4 Å². The van der Waals surface area contributed by atoms with Crippen LogP contribution in [0, 0.1) is 13.8 Å². The number of pyridine rings is 1. The summed E-state index contributed by atoms with van der Waals surface area (Å²) in [6.07, 6.45) is 5.60. The first kappa shape index (κ1) is 13.9. The zero-order chi connectivity index (χ0) is 14.8. The molecule has 1 aliphatic carbocycles. The van der Waals surface area contributed by atoms with E-state index < -0.39 is 0 Å². The maximum atomic E-state index is 5.46. The van der Waals surface area contributed by atoms with Gasteiger partial charge in [0.05, 0.1) is 19.3 Å². The molecule has 0 spiro atoms. The number of fused-ring (bicyclic) bond motifs is 1. The van der Waals surface area contributed by atoms with Crippen LogP contribution in [0.4, 0.5) is 5.69 Å². The maximum absolute atomic E-state index is 5.46. The quantitative estimate of drug-likeness (QED) is 0.926. The Labute approximate surface area is 126 Å². The molecule has 1 aliphatic rings. The Morgan fingerprint density at radius 2 is 2.00 bits per heavy atom. The molecule has 0 aliphatic heterocycles. The van der Waals surface area contributed by atoms with Gasteiger partial charge in [-0.1, -0.05) is 6.07 Å². The molecule has 0 amide bonds. The Morgan fingerprint density at radius 3 is 2.81 bits per heavy atom. The second kappa shape index (κ2) is 5.76. The van der Waals surface area contributed by atoms with E-state index in [-0.39, 0.29) is 0 Å². The molecule has 1 aromatic heterocycles. The molecule has 21 heavy (non-hydrogen) atoms. The summed E-state index contributed by atoms with van der Waals surface area (Å²) in [5.41, 5.74) is 7.41. The average Bonchev–Trinajstić information content (AvgIpc) is 2.94. The highest BCUT2D eigenvalue weighted by molar-refractivity contribution is 5.51. The molecule has 0 radical (unpaired) electrons. The molecule has 2 aromatic rings. The van der Waals surface area contributed by atoms with Gasteiger partial charge in [0.15, 0.2) is 0 Å². The number of nitrogens with zero attached hydrogens (tertiary/aromatic N) is 1. The number of rotatable bonds is 4. The number of hydrogen-bond acceptors (Lipinski definition) is 3. The lowest BCUT2D eigenvalue weighted by Gasteiger charge is -2.14. The van der Waals surface area contributed by atoms with Crippen molar-refractivity contribution in [1.29, 1.82) is 0 Å². The zero-order valence-corrected chi connectivity index (χ0v) is 13.0. The van der Waals surface area contributed by atoms with E-state index in [0.717, 1.165) is 29.1 Å². The lowest BCUT2D eigenvalue weighted by Crippen LogP contribution is -2.06. The lowest BCUT2D eigenvalue weighted by molar-refractivity contribution is 0.407. The predicted octanol–water partition coefficient (Wildman–Crippen LogP) is 3.81. The Hall–Kier alpha value is -2.03. The van der Waals surface area contributed by atoms with E-state index >= 15 is 0 Å². The predicted molar refractivity (Wildman–Crippen MR) is 86.1 cm³/mol. The monoisotopic (exact) mass is 282 g/mol. The Bertz CT molecular complexity index is 665. The van der Waals surface area contributed by atoms with Crippen LogP contribution in [-0.2, 0) is 19.4 Å². The smallest absolute Gasteiger partial charge is 0.128 e. The number of aromatic nitrogens is 1. The molecule has 0 fully saturated rings. The third kappa shape index (κ3) is 2.73. The molecule has 110 valence electrons. The first-order chi connectivity index (χ1) is 10.2. The molecule has 1 aromatic carbocycles. The van der Waals surface area contributed by atoms with Crippen LogP contribution in [0.2, 0.25) is 0 Å². The fourth-order valence-electron chi connectivity index (χ4n) is 3.12. The molecule has 1 N–H and O–H groups in total. The second-order valence-electron chi connectivity index (χ2n) is 5.74. The van der Waals surface area contributed by atoms with Crippen molar-refractivity contribution in [3.63, 3.8) is 0 Å². The Balaban J connectivity index is 1.76. The third-order valence-electron chi connectivity index (χ3n) is 4.31. The highest BCUT2D eigenvalue weighted by atomic mass is 16.5. The number of benzene rings is 1. The van der Waals surface area contributed by atoms with E-state index in [1.165, 1.54) is 36.1 Å². The number of hydrogen-bond donors (Lipinski definition) is 1. The number of aryl methyl sites for hydroxylation is 3. The molecule has 0 bridgehead atoms. The average molecular weight is 282 g/mol. The van der Waals surface area contributed by atoms with Crippen LogP contribution in [0.15, 0.2) is 24.4 Å². The van der Waals surface area contributed by atoms with Gasteiger partial charge in [-0.05, 0) is 56.4 Å². The van der Waals surface area contributed by atoms with E-state index in [4.69, 9.17) is 4.74 Å². The van der Waals surface area contributed by atoms with Gasteiger partial charge in [0.25, 0.3) is 0 Å². The molecule has 3 rings (SSSR count). The zero-order valence-electron chi connectivity index (χ0n) is 13.0. The first-order valence-electron chi connectivity index (χ1n) is 7.54. The second-order valence-corrected chi connectivity index (χ2v) is 5.74. The van der Waals surface area contributed by atoms with Crippen molar-refractivity contribution in [2.75, 3.05) is 12.4 Å². The van der Waals surface area contributed by atoms with Gasteiger partial charge < -0.3 is 10.1 Å². The van der Waals surface area contributed by atoms with Crippen molar-refractivity contribution in [3.8, 4) is 5.75 Å². The molecule has 0 saturated carbocycles. The summed E-state index contributed by atoms with van der Waals surface area (Å²) in [6, 6.07) is 6.70. The summed E-state index contributed by atoms with van der Waals surface area (Å²) < 4.78 is 5.46. The normalized spacial score (nSPS) is 13.1. The van der Waals surface area contributed by atoms with Gasteiger partial charge >= 0.3 is 0 Å². The topological polar surface area (TPSA) is 34.1 Å². The molecule has 3 heteroatoms. The molecular formula is C18H22N2O. The fraction of sp³-hybridized carbons (Fsp3) is 0.389. The minimum Gasteiger partial charge on any atom is -0.496 e. The van der Waals surface area contributed by atoms with E-state index in [1.54, 1.807) is 7.11 Å². The van der Waals surface area contributed by atoms with Gasteiger partial charge in [-0.2, -0.15) is 0 Å². The van der Waals surface area contributed by atoms with Gasteiger partial charge in [0.1, 0.15) is 5.75 Å². The molecule has 0 unspecified atom stereocenters. The summed E-state index contributed by atoms with van der Waals surface area (Å²) in [5, 5.41) is 3.48. The van der Waals surface area contributed by atoms with Gasteiger partial charge in [0, 0.05) is 23.0 Å². The summed E-state index contributed by atoms with van der Waals surface area (Å²) in [6.45, 7) is 4.82. The number of nitrogens with one attached hydrogen (secondary N) is 1. The molecule has 1 heterocycles. The standard InChI is InChI=1S/C18H22N2O/c1-12-10-20-17(13(2)18(12)21-3)11-19-16-8-7-14-5-4-6-15(14)9-16/h7-10,19H,4-6,11H2,1-3H3. The molecule has 0 atom stereocenters. The summed E-state index contributed by atoms with van der Waals surface area (Å²) in [7, 11) is 1.72. The van der Waals surface area contributed by atoms with E-state index in [1.807, 2.05) is 13.1 Å². The van der Waals surface area contributed by atoms with Crippen LogP contribution >= 0.6 is 0 Å². The highest BCUT2D eigenvalue weighted by Crippen LogP contribution is 2.27. The number of ether oxygens (including phenoxy) is 1. The SMILES string of the molecule is COc1c(C)cnc(CNc2ccc3c(c2)CCC3)c1C. The fourth-order valence-corrected chi connectivity index (χ4v) is 3.12. The van der Waals surface area contributed by atoms with Crippen LogP contribution in [0.3, 0.4) is 0 Å². The largest absolute Gasteiger partial charge is 0.496 e. The Morgan fingerprint density at radius 1 is 1.19 bits per heavy atom. The maximum Gasteiger partial charge on any atom is 0.128 e. The summed E-state index contributed by atoms with van der Waals surface area (Å²) >= 11 is 0. The minimum absolute atomic E-state index is 0.723. The number of methoxy groups -OCH3 is 1. The van der Waals surface area contributed by atoms with Gasteiger partial charge in [-0.15, -0.1) is 0 Å². The summed E-state index contributed by atoms with van der Waals surface area (Å²) in [5.74, 6) is 0.941. The van der Waals surface area contributed by atoms with Crippen LogP contribution in [-0.4, -0.2) is 12.1 Å². The van der Waals surface area contributed by atoms with Crippen molar-refractivity contribution in [2.24, 2.45) is 0 Å². The van der Waals surface area contributed by atoms with Crippen molar-refractivity contribution in [2.45, 2.75) is 39.7 Å². The molecule has 0 saturated heterocycles. The minimum atomic E-state index is 0.723. The first-order valence-corrected chi connectivity index (χ1v) is 7.54. The van der Waals surface area contributed by atoms with E-state index in [9.17, 15) is 0 Å². The Kier molecular flexibility index (Phi) is 3.82. The van der Waals surface area contributed by atoms with E-state index in [0.29, 0.717) is 0 Å². The van der Waals surface area contributed by atoms with Crippen molar-refractivity contribution in [1.82, 2.24) is 4.98 Å². The third-order valence-corrected chi connectivity index (χ3v) is 4.31. The van der Waals surface area contributed by atoms with Crippen molar-refractivity contribution < 1.29 is 4.74 Å². The van der Waals surface area contributed by atoms with Crippen LogP contribution in [0.1, 0.15) is 34.4 Å². The summed E-state index contributed by atoms with van der Waals surface area (Å²) in [4.78, 5) is 4.53. The van der Waals surface area contributed by atoms with Gasteiger partial charge in [-0.25, -0.2) is 0 Å². The lowest BCUT2D eigenvalue weighted by atomic mass is 10.1. The molecule has 3 nitrogen and oxygen atoms in total. The number of anilines is 1. The van der Waals surface area contributed by atoms with Gasteiger partial charge in [0.2, 0.25) is 0 Å². The van der Waals surface area contributed by atoms with Crippen LogP contribution in [0.25, 0.3) is 0 Å². The van der Waals surface area contributed by atoms with Gasteiger partial charge in [-0.3, -0.25) is 4.98 Å². The van der Waals surface area contributed by atoms with Crippen molar-refractivity contribution >= 4 is 5.69 Å². The highest BCUT2D eigenvalue weighted by Gasteiger charge is 2.12. The molecular weight excluding hydrogens is 260 g/mol. The van der Waals surface area contributed by atoms with Crippen LogP contribution < -0.4 is 10.1 Å². The van der Waals surface area contributed by atoms with Crippen LogP contribution in [0.5, 0.6) is 5.75 Å². The van der Waals surface area contributed by atoms with Crippen molar-refractivity contribution in [3.05, 3.63) is 52.3 Å².